The summed E-state index contributed by atoms with van der Waals surface area (Å²) >= 11 is 7.61. The zero-order chi connectivity index (χ0) is 14.8. The van der Waals surface area contributed by atoms with Crippen LogP contribution in [0.4, 0.5) is 5.69 Å². The van der Waals surface area contributed by atoms with Gasteiger partial charge >= 0.3 is 0 Å². The van der Waals surface area contributed by atoms with E-state index in [0.717, 1.165) is 15.2 Å². The van der Waals surface area contributed by atoms with E-state index in [4.69, 9.17) is 11.6 Å². The molecule has 0 aliphatic rings. The lowest BCUT2D eigenvalue weighted by molar-refractivity contribution is -0.384. The number of non-ortho nitro benzene ring substituents is 1. The molecule has 0 aliphatic heterocycles. The topological polar surface area (TPSA) is 43.1 Å². The number of fused-ring (bicyclic) bond motifs is 1. The second-order valence-electron chi connectivity index (χ2n) is 4.48. The molecule has 3 rings (SSSR count). The van der Waals surface area contributed by atoms with Crippen molar-refractivity contribution in [3.05, 3.63) is 75.8 Å². The predicted octanol–water partition coefficient (Wildman–Crippen LogP) is 5.55. The molecule has 0 saturated heterocycles. The maximum absolute atomic E-state index is 10.7. The van der Waals surface area contributed by atoms with E-state index in [-0.39, 0.29) is 5.69 Å². The number of hydrogen-bond acceptors (Lipinski definition) is 3. The molecule has 0 bridgehead atoms. The quantitative estimate of drug-likeness (QED) is 0.470. The van der Waals surface area contributed by atoms with Crippen LogP contribution in [0.3, 0.4) is 0 Å². The van der Waals surface area contributed by atoms with Crippen LogP contribution >= 0.6 is 23.4 Å². The highest BCUT2D eigenvalue weighted by molar-refractivity contribution is 7.99. The van der Waals surface area contributed by atoms with Gasteiger partial charge in [-0.2, -0.15) is 0 Å². The molecule has 104 valence electrons. The second-order valence-corrected chi connectivity index (χ2v) is 6.01. The summed E-state index contributed by atoms with van der Waals surface area (Å²) in [4.78, 5) is 12.1. The summed E-state index contributed by atoms with van der Waals surface area (Å²) in [5, 5.41) is 13.4. The first-order chi connectivity index (χ1) is 10.1. The number of rotatable bonds is 3. The fourth-order valence-corrected chi connectivity index (χ4v) is 3.20. The van der Waals surface area contributed by atoms with Crippen molar-refractivity contribution in [3.63, 3.8) is 0 Å². The van der Waals surface area contributed by atoms with Gasteiger partial charge in [0.25, 0.3) is 5.69 Å². The number of nitro groups is 1. The summed E-state index contributed by atoms with van der Waals surface area (Å²) < 4.78 is 0. The van der Waals surface area contributed by atoms with Gasteiger partial charge in [-0.3, -0.25) is 10.1 Å². The molecule has 0 heterocycles. The van der Waals surface area contributed by atoms with Gasteiger partial charge in [-0.25, -0.2) is 0 Å². The van der Waals surface area contributed by atoms with E-state index in [1.807, 2.05) is 18.2 Å². The summed E-state index contributed by atoms with van der Waals surface area (Å²) in [6.07, 6.45) is 0. The molecule has 0 atom stereocenters. The molecule has 21 heavy (non-hydrogen) atoms. The molecule has 0 aromatic heterocycles. The summed E-state index contributed by atoms with van der Waals surface area (Å²) in [6, 6.07) is 18.8. The van der Waals surface area contributed by atoms with E-state index in [1.165, 1.54) is 29.3 Å². The van der Waals surface area contributed by atoms with Crippen molar-refractivity contribution >= 4 is 39.8 Å². The Bertz CT molecular complexity index is 835. The number of halogens is 1. The average Bonchev–Trinajstić information content (AvgIpc) is 2.49. The smallest absolute Gasteiger partial charge is 0.258 e. The molecule has 0 N–H and O–H groups in total. The number of nitrogens with zero attached hydrogens (tertiary/aromatic N) is 1. The van der Waals surface area contributed by atoms with E-state index in [1.54, 1.807) is 6.07 Å². The molecule has 3 aromatic carbocycles. The van der Waals surface area contributed by atoms with Crippen LogP contribution in [0.1, 0.15) is 0 Å². The van der Waals surface area contributed by atoms with Crippen molar-refractivity contribution in [3.8, 4) is 0 Å². The van der Waals surface area contributed by atoms with Gasteiger partial charge in [0.2, 0.25) is 0 Å². The van der Waals surface area contributed by atoms with E-state index in [9.17, 15) is 10.1 Å². The summed E-state index contributed by atoms with van der Waals surface area (Å²) in [5.41, 5.74) is 0.00265. The molecule has 5 heteroatoms. The van der Waals surface area contributed by atoms with E-state index in [2.05, 4.69) is 24.3 Å². The lowest BCUT2D eigenvalue weighted by Gasteiger charge is -2.05. The molecule has 0 fully saturated rings. The van der Waals surface area contributed by atoms with Crippen molar-refractivity contribution in [2.24, 2.45) is 0 Å². The molecular formula is C16H10ClNO2S. The van der Waals surface area contributed by atoms with Crippen molar-refractivity contribution in [1.29, 1.82) is 0 Å². The van der Waals surface area contributed by atoms with Crippen LogP contribution in [0, 0.1) is 10.1 Å². The van der Waals surface area contributed by atoms with Crippen molar-refractivity contribution in [1.82, 2.24) is 0 Å². The first-order valence-corrected chi connectivity index (χ1v) is 7.43. The normalized spacial score (nSPS) is 10.7. The molecule has 3 nitrogen and oxygen atoms in total. The zero-order valence-electron chi connectivity index (χ0n) is 10.8. The van der Waals surface area contributed by atoms with E-state index >= 15 is 0 Å². The molecule has 3 aromatic rings. The SMILES string of the molecule is O=[N+]([O-])c1ccc(Sc2ccc3ccccc3c2)c(Cl)c1. The van der Waals surface area contributed by atoms with Crippen LogP contribution in [0.5, 0.6) is 0 Å². The third kappa shape index (κ3) is 3.01. The van der Waals surface area contributed by atoms with Gasteiger partial charge in [-0.1, -0.05) is 53.7 Å². The number of nitro benzene ring substituents is 1. The van der Waals surface area contributed by atoms with Crippen LogP contribution in [0.25, 0.3) is 10.8 Å². The minimum Gasteiger partial charge on any atom is -0.258 e. The Morgan fingerprint density at radius 3 is 2.43 bits per heavy atom. The third-order valence-corrected chi connectivity index (χ3v) is 4.57. The van der Waals surface area contributed by atoms with Gasteiger partial charge in [0.05, 0.1) is 9.95 Å². The molecule has 0 unspecified atom stereocenters. The highest BCUT2D eigenvalue weighted by Gasteiger charge is 2.10. The fraction of sp³-hybridized carbons (Fsp3) is 0. The standard InChI is InChI=1S/C16H10ClNO2S/c17-15-10-13(18(19)20)6-8-16(15)21-14-7-5-11-3-1-2-4-12(11)9-14/h1-10H. The minimum atomic E-state index is -0.448. The maximum atomic E-state index is 10.7. The predicted molar refractivity (Wildman–Crippen MR) is 86.2 cm³/mol. The summed E-state index contributed by atoms with van der Waals surface area (Å²) in [6.45, 7) is 0. The lowest BCUT2D eigenvalue weighted by Crippen LogP contribution is -1.87. The fourth-order valence-electron chi connectivity index (χ4n) is 2.04. The van der Waals surface area contributed by atoms with Crippen LogP contribution < -0.4 is 0 Å². The van der Waals surface area contributed by atoms with Gasteiger partial charge < -0.3 is 0 Å². The van der Waals surface area contributed by atoms with E-state index in [0.29, 0.717) is 5.02 Å². The van der Waals surface area contributed by atoms with Crippen molar-refractivity contribution < 1.29 is 4.92 Å². The van der Waals surface area contributed by atoms with Gasteiger partial charge in [0.1, 0.15) is 0 Å². The Balaban J connectivity index is 1.93. The second kappa shape index (κ2) is 5.76. The maximum Gasteiger partial charge on any atom is 0.270 e. The lowest BCUT2D eigenvalue weighted by atomic mass is 10.1. The monoisotopic (exact) mass is 315 g/mol. The van der Waals surface area contributed by atoms with Gasteiger partial charge in [0.15, 0.2) is 0 Å². The first kappa shape index (κ1) is 13.9. The van der Waals surface area contributed by atoms with Crippen LogP contribution in [0.15, 0.2) is 70.5 Å². The molecule has 0 saturated carbocycles. The zero-order valence-corrected chi connectivity index (χ0v) is 12.4. The summed E-state index contributed by atoms with van der Waals surface area (Å²) in [5.74, 6) is 0. The summed E-state index contributed by atoms with van der Waals surface area (Å²) in [7, 11) is 0. The Morgan fingerprint density at radius 2 is 1.71 bits per heavy atom. The van der Waals surface area contributed by atoms with Crippen LogP contribution in [-0.2, 0) is 0 Å². The Labute approximate surface area is 130 Å². The molecule has 0 radical (unpaired) electrons. The van der Waals surface area contributed by atoms with Gasteiger partial charge in [-0.05, 0) is 29.0 Å². The number of benzene rings is 3. The van der Waals surface area contributed by atoms with Crippen molar-refractivity contribution in [2.75, 3.05) is 0 Å². The molecule has 0 amide bonds. The molecule has 0 spiro atoms. The Kier molecular flexibility index (Phi) is 3.82. The van der Waals surface area contributed by atoms with Crippen LogP contribution in [0.2, 0.25) is 5.02 Å². The average molecular weight is 316 g/mol. The van der Waals surface area contributed by atoms with Crippen LogP contribution in [-0.4, -0.2) is 4.92 Å². The van der Waals surface area contributed by atoms with Gasteiger partial charge in [-0.15, -0.1) is 0 Å². The highest BCUT2D eigenvalue weighted by atomic mass is 35.5. The van der Waals surface area contributed by atoms with Crippen molar-refractivity contribution in [2.45, 2.75) is 9.79 Å². The van der Waals surface area contributed by atoms with Gasteiger partial charge in [0, 0.05) is 21.9 Å². The largest absolute Gasteiger partial charge is 0.270 e. The Hall–Kier alpha value is -2.04. The molecule has 0 aliphatic carbocycles. The third-order valence-electron chi connectivity index (χ3n) is 3.08. The molecular weight excluding hydrogens is 306 g/mol. The highest BCUT2D eigenvalue weighted by Crippen LogP contribution is 2.36. The first-order valence-electron chi connectivity index (χ1n) is 6.24. The minimum absolute atomic E-state index is 0.00265. The number of hydrogen-bond donors (Lipinski definition) is 0. The Morgan fingerprint density at radius 1 is 0.952 bits per heavy atom. The van der Waals surface area contributed by atoms with E-state index < -0.39 is 4.92 Å².